The molecule has 2 aromatic carbocycles. The van der Waals surface area contributed by atoms with Crippen LogP contribution in [0, 0.1) is 11.8 Å². The van der Waals surface area contributed by atoms with Crippen molar-refractivity contribution in [1.82, 2.24) is 0 Å². The van der Waals surface area contributed by atoms with E-state index in [2.05, 4.69) is 31.2 Å². The molecular formula is C21H19Cl2NO2. The van der Waals surface area contributed by atoms with Crippen LogP contribution in [0.5, 0.6) is 0 Å². The number of anilines is 1. The highest BCUT2D eigenvalue weighted by atomic mass is 35.5. The normalized spacial score (nSPS) is 24.1. The molecular weight excluding hydrogens is 369 g/mol. The van der Waals surface area contributed by atoms with Gasteiger partial charge >= 0.3 is 0 Å². The molecule has 3 atom stereocenters. The molecule has 2 amide bonds. The van der Waals surface area contributed by atoms with Crippen molar-refractivity contribution < 1.29 is 9.59 Å². The minimum absolute atomic E-state index is 0.00105. The molecule has 0 N–H and O–H groups in total. The van der Waals surface area contributed by atoms with Gasteiger partial charge in [0, 0.05) is 16.0 Å². The topological polar surface area (TPSA) is 37.4 Å². The Kier molecular flexibility index (Phi) is 4.54. The first-order valence-electron chi connectivity index (χ1n) is 8.94. The van der Waals surface area contributed by atoms with Crippen LogP contribution < -0.4 is 4.90 Å². The lowest BCUT2D eigenvalue weighted by atomic mass is 10.0. The van der Waals surface area contributed by atoms with E-state index in [0.717, 1.165) is 12.0 Å². The van der Waals surface area contributed by atoms with Gasteiger partial charge in [0.05, 0.1) is 17.5 Å². The van der Waals surface area contributed by atoms with Gasteiger partial charge in [-0.2, -0.15) is 0 Å². The van der Waals surface area contributed by atoms with E-state index in [1.54, 1.807) is 18.2 Å². The van der Waals surface area contributed by atoms with Gasteiger partial charge in [-0.3, -0.25) is 9.59 Å². The Balaban J connectivity index is 1.53. The van der Waals surface area contributed by atoms with Gasteiger partial charge in [-0.15, -0.1) is 0 Å². The van der Waals surface area contributed by atoms with Crippen molar-refractivity contribution in [3.8, 4) is 0 Å². The van der Waals surface area contributed by atoms with Crippen molar-refractivity contribution in [3.63, 3.8) is 0 Å². The molecule has 2 aliphatic rings. The number of hydrogen-bond acceptors (Lipinski definition) is 2. The van der Waals surface area contributed by atoms with Crippen molar-refractivity contribution in [2.75, 3.05) is 4.90 Å². The molecule has 2 fully saturated rings. The second-order valence-electron chi connectivity index (χ2n) is 7.06. The molecule has 0 bridgehead atoms. The standard InChI is InChI=1S/C21H19Cl2NO2/c1-2-3-4-12-5-7-13(8-6-12)17-18-19(17)21(26)24(20(18)25)16-10-14(22)9-15(23)11-16/h5-11,17-19H,2-4H2,1H3/t17?,18-,19+. The maximum Gasteiger partial charge on any atom is 0.238 e. The number of rotatable bonds is 5. The van der Waals surface area contributed by atoms with E-state index >= 15 is 0 Å². The summed E-state index contributed by atoms with van der Waals surface area (Å²) in [6.07, 6.45) is 3.40. The maximum atomic E-state index is 12.8. The second-order valence-corrected chi connectivity index (χ2v) is 7.93. The average Bonchev–Trinajstić information content (AvgIpc) is 3.29. The Morgan fingerprint density at radius 1 is 0.885 bits per heavy atom. The molecule has 2 aromatic rings. The molecule has 134 valence electrons. The van der Waals surface area contributed by atoms with E-state index < -0.39 is 0 Å². The zero-order chi connectivity index (χ0) is 18.4. The van der Waals surface area contributed by atoms with Crippen molar-refractivity contribution in [3.05, 3.63) is 63.6 Å². The summed E-state index contributed by atoms with van der Waals surface area (Å²) in [4.78, 5) is 26.8. The van der Waals surface area contributed by atoms with Crippen molar-refractivity contribution >= 4 is 40.7 Å². The molecule has 0 radical (unpaired) electrons. The monoisotopic (exact) mass is 387 g/mol. The number of aryl methyl sites for hydroxylation is 1. The van der Waals surface area contributed by atoms with Gasteiger partial charge < -0.3 is 0 Å². The number of carbonyl (C=O) groups excluding carboxylic acids is 2. The summed E-state index contributed by atoms with van der Waals surface area (Å²) in [5.41, 5.74) is 2.83. The van der Waals surface area contributed by atoms with Crippen LogP contribution in [0.15, 0.2) is 42.5 Å². The molecule has 1 aliphatic carbocycles. The first-order valence-corrected chi connectivity index (χ1v) is 9.69. The highest BCUT2D eigenvalue weighted by Crippen LogP contribution is 2.60. The highest BCUT2D eigenvalue weighted by molar-refractivity contribution is 6.36. The quantitative estimate of drug-likeness (QED) is 0.657. The third-order valence-electron chi connectivity index (χ3n) is 5.32. The molecule has 1 saturated carbocycles. The van der Waals surface area contributed by atoms with Gasteiger partial charge in [0.1, 0.15) is 0 Å². The SMILES string of the molecule is CCCCc1ccc(C2[C@H]3C(=O)N(c4cc(Cl)cc(Cl)c4)C(=O)[C@@H]23)cc1. The summed E-state index contributed by atoms with van der Waals surface area (Å²) >= 11 is 12.0. The van der Waals surface area contributed by atoms with Crippen LogP contribution in [0.2, 0.25) is 10.0 Å². The number of piperidine rings is 1. The Bertz CT molecular complexity index is 836. The van der Waals surface area contributed by atoms with Crippen molar-refractivity contribution in [2.24, 2.45) is 11.8 Å². The molecule has 5 heteroatoms. The summed E-state index contributed by atoms with van der Waals surface area (Å²) in [5, 5.41) is 0.820. The first-order chi connectivity index (χ1) is 12.5. The summed E-state index contributed by atoms with van der Waals surface area (Å²) in [6.45, 7) is 2.18. The van der Waals surface area contributed by atoms with Gasteiger partial charge in [0.25, 0.3) is 0 Å². The van der Waals surface area contributed by atoms with Crippen LogP contribution in [0.1, 0.15) is 36.8 Å². The molecule has 26 heavy (non-hydrogen) atoms. The number of nitrogens with zero attached hydrogens (tertiary/aromatic N) is 1. The van der Waals surface area contributed by atoms with Crippen LogP contribution in [0.3, 0.4) is 0 Å². The summed E-state index contributed by atoms with van der Waals surface area (Å²) in [7, 11) is 0. The predicted octanol–water partition coefficient (Wildman–Crippen LogP) is 5.24. The lowest BCUT2D eigenvalue weighted by Gasteiger charge is -2.19. The Morgan fingerprint density at radius 2 is 1.46 bits per heavy atom. The van der Waals surface area contributed by atoms with E-state index in [1.807, 2.05) is 0 Å². The van der Waals surface area contributed by atoms with Crippen LogP contribution in [0.4, 0.5) is 5.69 Å². The van der Waals surface area contributed by atoms with Crippen LogP contribution in [-0.2, 0) is 16.0 Å². The molecule has 0 aromatic heterocycles. The second kappa shape index (κ2) is 6.71. The number of halogens is 2. The minimum Gasteiger partial charge on any atom is -0.274 e. The number of benzene rings is 2. The molecule has 4 rings (SSSR count). The largest absolute Gasteiger partial charge is 0.274 e. The summed E-state index contributed by atoms with van der Waals surface area (Å²) < 4.78 is 0. The lowest BCUT2D eigenvalue weighted by molar-refractivity contribution is -0.123. The van der Waals surface area contributed by atoms with Crippen LogP contribution in [-0.4, -0.2) is 11.8 Å². The number of imide groups is 1. The zero-order valence-corrected chi connectivity index (χ0v) is 15.9. The minimum atomic E-state index is -0.262. The van der Waals surface area contributed by atoms with Crippen molar-refractivity contribution in [1.29, 1.82) is 0 Å². The van der Waals surface area contributed by atoms with Gasteiger partial charge in [-0.25, -0.2) is 4.90 Å². The van der Waals surface area contributed by atoms with E-state index in [9.17, 15) is 9.59 Å². The Morgan fingerprint density at radius 3 is 2.00 bits per heavy atom. The predicted molar refractivity (Wildman–Crippen MR) is 104 cm³/mol. The molecule has 1 unspecified atom stereocenters. The number of unbranched alkanes of at least 4 members (excludes halogenated alkanes) is 1. The smallest absolute Gasteiger partial charge is 0.238 e. The highest BCUT2D eigenvalue weighted by Gasteiger charge is 2.67. The van der Waals surface area contributed by atoms with E-state index in [0.29, 0.717) is 15.7 Å². The molecule has 1 heterocycles. The molecule has 1 saturated heterocycles. The van der Waals surface area contributed by atoms with Gasteiger partial charge in [-0.1, -0.05) is 60.8 Å². The van der Waals surface area contributed by atoms with Gasteiger partial charge in [0.15, 0.2) is 0 Å². The average molecular weight is 388 g/mol. The lowest BCUT2D eigenvalue weighted by Crippen LogP contribution is -2.34. The fraction of sp³-hybridized carbons (Fsp3) is 0.333. The number of fused-ring (bicyclic) bond motifs is 1. The first kappa shape index (κ1) is 17.6. The number of amides is 2. The molecule has 1 aliphatic heterocycles. The molecule has 0 spiro atoms. The van der Waals surface area contributed by atoms with Crippen molar-refractivity contribution in [2.45, 2.75) is 32.1 Å². The Hall–Kier alpha value is -1.84. The van der Waals surface area contributed by atoms with Crippen LogP contribution >= 0.6 is 23.2 Å². The maximum absolute atomic E-state index is 12.8. The zero-order valence-electron chi connectivity index (χ0n) is 14.4. The van der Waals surface area contributed by atoms with Gasteiger partial charge in [-0.05, 0) is 42.2 Å². The third-order valence-corrected chi connectivity index (χ3v) is 5.76. The van der Waals surface area contributed by atoms with E-state index in [1.165, 1.54) is 23.3 Å². The number of carbonyl (C=O) groups is 2. The van der Waals surface area contributed by atoms with E-state index in [4.69, 9.17) is 23.2 Å². The fourth-order valence-corrected chi connectivity index (χ4v) is 4.47. The summed E-state index contributed by atoms with van der Waals surface area (Å²) in [5.74, 6) is -0.832. The fourth-order valence-electron chi connectivity index (χ4n) is 3.96. The molecule has 3 nitrogen and oxygen atoms in total. The number of hydrogen-bond donors (Lipinski definition) is 0. The van der Waals surface area contributed by atoms with Gasteiger partial charge in [0.2, 0.25) is 11.8 Å². The Labute approximate surface area is 162 Å². The summed E-state index contributed by atoms with van der Waals surface area (Å²) in [6, 6.07) is 13.1. The van der Waals surface area contributed by atoms with Crippen LogP contribution in [0.25, 0.3) is 0 Å². The van der Waals surface area contributed by atoms with E-state index in [-0.39, 0.29) is 29.6 Å². The third kappa shape index (κ3) is 2.93.